The van der Waals surface area contributed by atoms with E-state index in [-0.39, 0.29) is 11.6 Å². The van der Waals surface area contributed by atoms with Crippen molar-refractivity contribution in [3.63, 3.8) is 0 Å². The predicted molar refractivity (Wildman–Crippen MR) is 84.9 cm³/mol. The first-order valence-corrected chi connectivity index (χ1v) is 8.36. The van der Waals surface area contributed by atoms with Crippen LogP contribution in [-0.4, -0.2) is 25.9 Å². The molecule has 1 N–H and O–H groups in total. The average Bonchev–Trinajstić information content (AvgIpc) is 2.97. The Morgan fingerprint density at radius 2 is 2.10 bits per heavy atom. The summed E-state index contributed by atoms with van der Waals surface area (Å²) in [6.45, 7) is 3.71. The second-order valence-electron chi connectivity index (χ2n) is 6.25. The van der Waals surface area contributed by atoms with Crippen LogP contribution < -0.4 is 10.1 Å². The minimum atomic E-state index is -0.0462. The molecule has 3 rings (SSSR count). The quantitative estimate of drug-likeness (QED) is 0.898. The topological polar surface area (TPSA) is 30.5 Å². The summed E-state index contributed by atoms with van der Waals surface area (Å²) in [4.78, 5) is 0. The molecule has 0 radical (unpaired) electrons. The lowest BCUT2D eigenvalue weighted by molar-refractivity contribution is -0.0898. The number of fused-ring (bicyclic) bond motifs is 1. The van der Waals surface area contributed by atoms with E-state index in [1.54, 1.807) is 0 Å². The molecule has 21 heavy (non-hydrogen) atoms. The number of rotatable bonds is 5. The lowest BCUT2D eigenvalue weighted by atomic mass is 9.76. The van der Waals surface area contributed by atoms with E-state index in [0.717, 1.165) is 38.2 Å². The summed E-state index contributed by atoms with van der Waals surface area (Å²) in [6, 6.07) is 6.92. The van der Waals surface area contributed by atoms with Crippen molar-refractivity contribution in [1.82, 2.24) is 5.32 Å². The number of nitrogens with one attached hydrogen (secondary N) is 1. The molecule has 1 saturated carbocycles. The van der Waals surface area contributed by atoms with E-state index in [0.29, 0.717) is 0 Å². The molecule has 0 bridgehead atoms. The Morgan fingerprint density at radius 3 is 2.81 bits per heavy atom. The molecule has 1 atom stereocenters. The normalized spacial score (nSPS) is 21.6. The summed E-state index contributed by atoms with van der Waals surface area (Å²) < 4.78 is 11.9. The van der Waals surface area contributed by atoms with Gasteiger partial charge in [-0.15, -0.1) is 0 Å². The van der Waals surface area contributed by atoms with Crippen LogP contribution in [-0.2, 0) is 11.2 Å². The van der Waals surface area contributed by atoms with Gasteiger partial charge in [0.1, 0.15) is 5.75 Å². The van der Waals surface area contributed by atoms with Gasteiger partial charge in [0, 0.05) is 13.0 Å². The highest BCUT2D eigenvalue weighted by atomic mass is 16.5. The SMILES string of the molecule is CCOC1(C(NC)c2ccc3c(c2)CCO3)CCCCC1. The number of likely N-dealkylation sites (N-methyl/N-ethyl adjacent to an activating group) is 1. The molecule has 1 unspecified atom stereocenters. The zero-order valence-corrected chi connectivity index (χ0v) is 13.3. The maximum absolute atomic E-state index is 6.30. The lowest BCUT2D eigenvalue weighted by Gasteiger charge is -2.43. The fourth-order valence-corrected chi connectivity index (χ4v) is 4.07. The van der Waals surface area contributed by atoms with Gasteiger partial charge in [-0.25, -0.2) is 0 Å². The van der Waals surface area contributed by atoms with E-state index in [2.05, 4.69) is 37.5 Å². The van der Waals surface area contributed by atoms with E-state index in [1.807, 2.05) is 0 Å². The molecule has 1 aliphatic heterocycles. The predicted octanol–water partition coefficient (Wildman–Crippen LogP) is 3.62. The van der Waals surface area contributed by atoms with Crippen LogP contribution in [0.5, 0.6) is 5.75 Å². The molecule has 3 nitrogen and oxygen atoms in total. The van der Waals surface area contributed by atoms with Crippen molar-refractivity contribution in [1.29, 1.82) is 0 Å². The third-order valence-corrected chi connectivity index (χ3v) is 4.99. The van der Waals surface area contributed by atoms with Gasteiger partial charge in [0.05, 0.1) is 18.2 Å². The van der Waals surface area contributed by atoms with Gasteiger partial charge in [-0.2, -0.15) is 0 Å². The Hall–Kier alpha value is -1.06. The monoisotopic (exact) mass is 289 g/mol. The summed E-state index contributed by atoms with van der Waals surface area (Å²) in [5, 5.41) is 3.54. The highest BCUT2D eigenvalue weighted by Gasteiger charge is 2.41. The molecule has 0 aromatic heterocycles. The Labute approximate surface area is 128 Å². The molecule has 1 heterocycles. The first-order chi connectivity index (χ1) is 10.3. The molecule has 3 heteroatoms. The molecule has 1 aromatic carbocycles. The van der Waals surface area contributed by atoms with Crippen molar-refractivity contribution in [2.45, 2.75) is 57.1 Å². The smallest absolute Gasteiger partial charge is 0.122 e. The fourth-order valence-electron chi connectivity index (χ4n) is 4.07. The number of benzene rings is 1. The Balaban J connectivity index is 1.91. The van der Waals surface area contributed by atoms with Gasteiger partial charge in [-0.3, -0.25) is 0 Å². The van der Waals surface area contributed by atoms with Gasteiger partial charge in [-0.1, -0.05) is 31.4 Å². The van der Waals surface area contributed by atoms with Gasteiger partial charge in [0.2, 0.25) is 0 Å². The third-order valence-electron chi connectivity index (χ3n) is 4.99. The summed E-state index contributed by atoms with van der Waals surface area (Å²) >= 11 is 0. The first-order valence-electron chi connectivity index (χ1n) is 8.36. The maximum atomic E-state index is 6.30. The van der Waals surface area contributed by atoms with E-state index in [1.165, 1.54) is 30.4 Å². The highest BCUT2D eigenvalue weighted by Crippen LogP contribution is 2.42. The molecular formula is C18H27NO2. The lowest BCUT2D eigenvalue weighted by Crippen LogP contribution is -2.46. The highest BCUT2D eigenvalue weighted by molar-refractivity contribution is 5.41. The van der Waals surface area contributed by atoms with Gasteiger partial charge in [0.15, 0.2) is 0 Å². The van der Waals surface area contributed by atoms with Crippen molar-refractivity contribution >= 4 is 0 Å². The van der Waals surface area contributed by atoms with Crippen molar-refractivity contribution < 1.29 is 9.47 Å². The van der Waals surface area contributed by atoms with E-state index in [9.17, 15) is 0 Å². The van der Waals surface area contributed by atoms with Crippen LogP contribution in [0.4, 0.5) is 0 Å². The average molecular weight is 289 g/mol. The summed E-state index contributed by atoms with van der Waals surface area (Å²) in [6.07, 6.45) is 7.21. The van der Waals surface area contributed by atoms with Gasteiger partial charge >= 0.3 is 0 Å². The first kappa shape index (κ1) is 14.9. The summed E-state index contributed by atoms with van der Waals surface area (Å²) in [7, 11) is 2.06. The molecule has 1 aliphatic carbocycles. The zero-order chi connectivity index (χ0) is 14.7. The van der Waals surface area contributed by atoms with Crippen molar-refractivity contribution in [2.24, 2.45) is 0 Å². The van der Waals surface area contributed by atoms with Crippen LogP contribution in [0.3, 0.4) is 0 Å². The second kappa shape index (κ2) is 6.37. The van der Waals surface area contributed by atoms with Crippen LogP contribution in [0.2, 0.25) is 0 Å². The summed E-state index contributed by atoms with van der Waals surface area (Å²) in [5.41, 5.74) is 2.64. The fraction of sp³-hybridized carbons (Fsp3) is 0.667. The third kappa shape index (κ3) is 2.82. The summed E-state index contributed by atoms with van der Waals surface area (Å²) in [5.74, 6) is 1.06. The maximum Gasteiger partial charge on any atom is 0.122 e. The Bertz CT molecular complexity index is 475. The largest absolute Gasteiger partial charge is 0.493 e. The van der Waals surface area contributed by atoms with Gasteiger partial charge in [-0.05, 0) is 44.0 Å². The number of hydrogen-bond acceptors (Lipinski definition) is 3. The number of hydrogen-bond donors (Lipinski definition) is 1. The van der Waals surface area contributed by atoms with Crippen LogP contribution in [0.1, 0.15) is 56.2 Å². The van der Waals surface area contributed by atoms with Gasteiger partial charge in [0.25, 0.3) is 0 Å². The molecule has 0 saturated heterocycles. The molecule has 0 spiro atoms. The minimum Gasteiger partial charge on any atom is -0.493 e. The standard InChI is InChI=1S/C18H27NO2/c1-3-21-18(10-5-4-6-11-18)17(19-2)15-7-8-16-14(13-15)9-12-20-16/h7-8,13,17,19H,3-6,9-12H2,1-2H3. The van der Waals surface area contributed by atoms with Crippen molar-refractivity contribution in [3.05, 3.63) is 29.3 Å². The minimum absolute atomic E-state index is 0.0462. The van der Waals surface area contributed by atoms with Crippen LogP contribution in [0.25, 0.3) is 0 Å². The number of ether oxygens (including phenoxy) is 2. The Morgan fingerprint density at radius 1 is 1.29 bits per heavy atom. The zero-order valence-electron chi connectivity index (χ0n) is 13.3. The molecule has 1 aromatic rings. The van der Waals surface area contributed by atoms with E-state index < -0.39 is 0 Å². The second-order valence-corrected chi connectivity index (χ2v) is 6.25. The van der Waals surface area contributed by atoms with Crippen LogP contribution >= 0.6 is 0 Å². The van der Waals surface area contributed by atoms with Crippen molar-refractivity contribution in [3.8, 4) is 5.75 Å². The van der Waals surface area contributed by atoms with Crippen LogP contribution in [0.15, 0.2) is 18.2 Å². The molecule has 0 amide bonds. The van der Waals surface area contributed by atoms with E-state index in [4.69, 9.17) is 9.47 Å². The van der Waals surface area contributed by atoms with E-state index >= 15 is 0 Å². The molecule has 1 fully saturated rings. The molecule has 116 valence electrons. The molecular weight excluding hydrogens is 262 g/mol. The molecule has 2 aliphatic rings. The van der Waals surface area contributed by atoms with Crippen molar-refractivity contribution in [2.75, 3.05) is 20.3 Å². The Kier molecular flexibility index (Phi) is 4.51. The van der Waals surface area contributed by atoms with Gasteiger partial charge < -0.3 is 14.8 Å². The van der Waals surface area contributed by atoms with Crippen LogP contribution in [0, 0.1) is 0 Å².